The molecule has 0 bridgehead atoms. The van der Waals surface area contributed by atoms with Gasteiger partial charge in [0.1, 0.15) is 5.75 Å². The number of piperidine rings is 1. The van der Waals surface area contributed by atoms with Crippen LogP contribution in [0.4, 0.5) is 0 Å². The fourth-order valence-corrected chi connectivity index (χ4v) is 4.37. The second-order valence-electron chi connectivity index (χ2n) is 7.13. The van der Waals surface area contributed by atoms with Gasteiger partial charge in [-0.25, -0.2) is 0 Å². The van der Waals surface area contributed by atoms with E-state index >= 15 is 0 Å². The van der Waals surface area contributed by atoms with E-state index in [1.807, 2.05) is 26.0 Å². The number of amides is 1. The van der Waals surface area contributed by atoms with E-state index in [4.69, 9.17) is 16.3 Å². The maximum Gasteiger partial charge on any atom is 0.258 e. The Labute approximate surface area is 170 Å². The normalized spacial score (nSPS) is 16.1. The number of hydrogen-bond acceptors (Lipinski definition) is 4. The number of nitrogens with zero attached hydrogens (tertiary/aromatic N) is 1. The van der Waals surface area contributed by atoms with E-state index in [1.54, 1.807) is 11.3 Å². The van der Waals surface area contributed by atoms with Crippen LogP contribution < -0.4 is 10.1 Å². The van der Waals surface area contributed by atoms with Crippen molar-refractivity contribution in [3.63, 3.8) is 0 Å². The molecular formula is C21H27ClN2O2S. The van der Waals surface area contributed by atoms with E-state index in [9.17, 15) is 4.79 Å². The lowest BCUT2D eigenvalue weighted by atomic mass is 10.0. The minimum absolute atomic E-state index is 0.0108. The SMILES string of the molecule is Cc1cc(OCC(=O)NCC(c2ccsc2)N2CCCCC2)cc(C)c1Cl. The number of hydrogen-bond donors (Lipinski definition) is 1. The number of ether oxygens (including phenoxy) is 1. The monoisotopic (exact) mass is 406 g/mol. The zero-order chi connectivity index (χ0) is 19.2. The van der Waals surface area contributed by atoms with Crippen molar-refractivity contribution in [1.82, 2.24) is 10.2 Å². The Morgan fingerprint density at radius 1 is 1.26 bits per heavy atom. The summed E-state index contributed by atoms with van der Waals surface area (Å²) in [5, 5.41) is 8.08. The summed E-state index contributed by atoms with van der Waals surface area (Å²) in [6.45, 7) is 6.68. The maximum absolute atomic E-state index is 12.3. The molecule has 1 fully saturated rings. The van der Waals surface area contributed by atoms with Crippen LogP contribution in [-0.4, -0.2) is 37.0 Å². The summed E-state index contributed by atoms with van der Waals surface area (Å²) in [6.07, 6.45) is 3.76. The molecule has 0 aliphatic carbocycles. The molecule has 2 aromatic rings. The van der Waals surface area contributed by atoms with Crippen molar-refractivity contribution in [3.8, 4) is 5.75 Å². The van der Waals surface area contributed by atoms with Gasteiger partial charge in [0.2, 0.25) is 0 Å². The topological polar surface area (TPSA) is 41.6 Å². The van der Waals surface area contributed by atoms with Gasteiger partial charge in [0, 0.05) is 11.6 Å². The highest BCUT2D eigenvalue weighted by atomic mass is 35.5. The molecule has 1 aliphatic heterocycles. The molecule has 4 nitrogen and oxygen atoms in total. The van der Waals surface area contributed by atoms with Gasteiger partial charge < -0.3 is 10.1 Å². The van der Waals surface area contributed by atoms with Crippen LogP contribution in [0.2, 0.25) is 5.02 Å². The number of likely N-dealkylation sites (tertiary alicyclic amines) is 1. The molecule has 1 unspecified atom stereocenters. The van der Waals surface area contributed by atoms with Crippen molar-refractivity contribution in [2.24, 2.45) is 0 Å². The Bertz CT molecular complexity index is 735. The van der Waals surface area contributed by atoms with Crippen LogP contribution >= 0.6 is 22.9 Å². The first kappa shape index (κ1) is 20.2. The van der Waals surface area contributed by atoms with Crippen LogP contribution in [-0.2, 0) is 4.79 Å². The fourth-order valence-electron chi connectivity index (χ4n) is 3.55. The number of rotatable bonds is 7. The summed E-state index contributed by atoms with van der Waals surface area (Å²) in [5.74, 6) is 0.576. The number of thiophene rings is 1. The Morgan fingerprint density at radius 2 is 1.96 bits per heavy atom. The zero-order valence-electron chi connectivity index (χ0n) is 16.0. The molecule has 1 amide bonds. The molecule has 1 N–H and O–H groups in total. The molecule has 1 aromatic heterocycles. The predicted molar refractivity (Wildman–Crippen MR) is 112 cm³/mol. The van der Waals surface area contributed by atoms with Gasteiger partial charge in [0.15, 0.2) is 6.61 Å². The quantitative estimate of drug-likeness (QED) is 0.722. The average Bonchev–Trinajstić information content (AvgIpc) is 3.20. The lowest BCUT2D eigenvalue weighted by Gasteiger charge is -2.34. The summed E-state index contributed by atoms with van der Waals surface area (Å²) in [4.78, 5) is 14.8. The third-order valence-electron chi connectivity index (χ3n) is 5.03. The highest BCUT2D eigenvalue weighted by Crippen LogP contribution is 2.27. The largest absolute Gasteiger partial charge is 0.484 e. The van der Waals surface area contributed by atoms with Gasteiger partial charge in [-0.3, -0.25) is 9.69 Å². The van der Waals surface area contributed by atoms with Gasteiger partial charge in [-0.15, -0.1) is 0 Å². The van der Waals surface area contributed by atoms with Gasteiger partial charge in [-0.2, -0.15) is 11.3 Å². The summed E-state index contributed by atoms with van der Waals surface area (Å²) in [6, 6.07) is 6.13. The first-order valence-corrected chi connectivity index (χ1v) is 10.8. The van der Waals surface area contributed by atoms with Crippen molar-refractivity contribution in [3.05, 3.63) is 50.7 Å². The number of carbonyl (C=O) groups is 1. The number of aryl methyl sites for hydroxylation is 2. The van der Waals surface area contributed by atoms with Gasteiger partial charge in [0.25, 0.3) is 5.91 Å². The summed E-state index contributed by atoms with van der Waals surface area (Å²) in [5.41, 5.74) is 3.19. The minimum Gasteiger partial charge on any atom is -0.484 e. The van der Waals surface area contributed by atoms with Crippen LogP contribution in [0.5, 0.6) is 5.75 Å². The molecule has 3 rings (SSSR count). The highest BCUT2D eigenvalue weighted by Gasteiger charge is 2.23. The predicted octanol–water partition coefficient (Wildman–Crippen LogP) is 4.74. The van der Waals surface area contributed by atoms with Crippen molar-refractivity contribution in [1.29, 1.82) is 0 Å². The van der Waals surface area contributed by atoms with Crippen LogP contribution in [0.1, 0.15) is 42.0 Å². The minimum atomic E-state index is -0.0995. The summed E-state index contributed by atoms with van der Waals surface area (Å²) < 4.78 is 5.67. The number of carbonyl (C=O) groups excluding carboxylic acids is 1. The van der Waals surface area contributed by atoms with Crippen LogP contribution in [0.15, 0.2) is 29.0 Å². The van der Waals surface area contributed by atoms with E-state index < -0.39 is 0 Å². The lowest BCUT2D eigenvalue weighted by molar-refractivity contribution is -0.123. The zero-order valence-corrected chi connectivity index (χ0v) is 17.5. The molecule has 0 saturated carbocycles. The van der Waals surface area contributed by atoms with Gasteiger partial charge in [-0.1, -0.05) is 18.0 Å². The van der Waals surface area contributed by atoms with Crippen LogP contribution in [0, 0.1) is 13.8 Å². The van der Waals surface area contributed by atoms with Gasteiger partial charge in [0.05, 0.1) is 6.04 Å². The fraction of sp³-hybridized carbons (Fsp3) is 0.476. The average molecular weight is 407 g/mol. The lowest BCUT2D eigenvalue weighted by Crippen LogP contribution is -2.41. The molecule has 1 aromatic carbocycles. The Morgan fingerprint density at radius 3 is 2.59 bits per heavy atom. The van der Waals surface area contributed by atoms with E-state index in [1.165, 1.54) is 24.8 Å². The van der Waals surface area contributed by atoms with E-state index in [-0.39, 0.29) is 18.6 Å². The number of nitrogens with one attached hydrogen (secondary N) is 1. The van der Waals surface area contributed by atoms with E-state index in [2.05, 4.69) is 27.0 Å². The number of halogens is 1. The molecule has 1 saturated heterocycles. The van der Waals surface area contributed by atoms with Gasteiger partial charge in [-0.05, 0) is 85.4 Å². The Kier molecular flexibility index (Phi) is 7.16. The molecular weight excluding hydrogens is 380 g/mol. The van der Waals surface area contributed by atoms with Crippen molar-refractivity contribution in [2.75, 3.05) is 26.2 Å². The van der Waals surface area contributed by atoms with E-state index in [0.717, 1.165) is 29.2 Å². The standard InChI is InChI=1S/C21H27ClN2O2S/c1-15-10-18(11-16(2)21(15)22)26-13-20(25)23-12-19(17-6-9-27-14-17)24-7-4-3-5-8-24/h6,9-11,14,19H,3-5,7-8,12-13H2,1-2H3,(H,23,25). The molecule has 1 aliphatic rings. The summed E-state index contributed by atoms with van der Waals surface area (Å²) >= 11 is 7.88. The first-order valence-electron chi connectivity index (χ1n) is 9.47. The first-order chi connectivity index (χ1) is 13.0. The maximum atomic E-state index is 12.3. The van der Waals surface area contributed by atoms with Crippen molar-refractivity contribution < 1.29 is 9.53 Å². The number of benzene rings is 1. The third-order valence-corrected chi connectivity index (χ3v) is 6.33. The Balaban J connectivity index is 1.54. The van der Waals surface area contributed by atoms with Crippen LogP contribution in [0.25, 0.3) is 0 Å². The smallest absolute Gasteiger partial charge is 0.258 e. The second-order valence-corrected chi connectivity index (χ2v) is 8.29. The molecule has 0 radical (unpaired) electrons. The molecule has 0 spiro atoms. The molecule has 1 atom stereocenters. The molecule has 146 valence electrons. The Hall–Kier alpha value is -1.56. The van der Waals surface area contributed by atoms with Gasteiger partial charge >= 0.3 is 0 Å². The molecule has 27 heavy (non-hydrogen) atoms. The van der Waals surface area contributed by atoms with Crippen molar-refractivity contribution in [2.45, 2.75) is 39.2 Å². The second kappa shape index (κ2) is 9.58. The molecule has 2 heterocycles. The van der Waals surface area contributed by atoms with Crippen LogP contribution in [0.3, 0.4) is 0 Å². The third kappa shape index (κ3) is 5.47. The highest BCUT2D eigenvalue weighted by molar-refractivity contribution is 7.07. The summed E-state index contributed by atoms with van der Waals surface area (Å²) in [7, 11) is 0. The van der Waals surface area contributed by atoms with E-state index in [0.29, 0.717) is 12.3 Å². The molecule has 6 heteroatoms. The van der Waals surface area contributed by atoms with Crippen molar-refractivity contribution >= 4 is 28.8 Å².